The average molecular weight is 465 g/mol. The number of aliphatic imine (C=N–C) groups is 1. The normalized spacial score (nSPS) is 16.8. The Morgan fingerprint density at radius 2 is 2.03 bits per heavy atom. The van der Waals surface area contributed by atoms with Gasteiger partial charge in [0.05, 0.1) is 11.1 Å². The second-order valence-electron chi connectivity index (χ2n) is 7.77. The summed E-state index contributed by atoms with van der Waals surface area (Å²) in [6.45, 7) is 2.18. The Kier molecular flexibility index (Phi) is 6.88. The Bertz CT molecular complexity index is 1190. The van der Waals surface area contributed by atoms with Gasteiger partial charge in [-0.25, -0.2) is 4.79 Å². The van der Waals surface area contributed by atoms with Crippen LogP contribution < -0.4 is 0 Å². The molecule has 0 bridgehead atoms. The van der Waals surface area contributed by atoms with Crippen molar-refractivity contribution in [3.63, 3.8) is 0 Å². The second kappa shape index (κ2) is 9.99. The molecule has 2 aliphatic rings. The summed E-state index contributed by atoms with van der Waals surface area (Å²) in [4.78, 5) is 27.9. The maximum atomic E-state index is 12.6. The molecule has 4 rings (SSSR count). The van der Waals surface area contributed by atoms with Crippen molar-refractivity contribution in [1.29, 1.82) is 5.41 Å². The van der Waals surface area contributed by atoms with Crippen LogP contribution in [0.3, 0.4) is 0 Å². The number of fused-ring (bicyclic) bond motifs is 1. The zero-order valence-electron chi connectivity index (χ0n) is 18.2. The number of aromatic carboxylic acids is 1. The molecule has 1 aromatic carbocycles. The van der Waals surface area contributed by atoms with Crippen LogP contribution in [0.2, 0.25) is 0 Å². The highest BCUT2D eigenvalue weighted by atomic mass is 32.2. The van der Waals surface area contributed by atoms with E-state index in [0.29, 0.717) is 22.3 Å². The fraction of sp³-hybridized carbons (Fsp3) is 0.292. The van der Waals surface area contributed by atoms with Gasteiger partial charge in [-0.05, 0) is 54.9 Å². The number of nitrogens with one attached hydrogen (secondary N) is 1. The predicted octanol–water partition coefficient (Wildman–Crippen LogP) is 5.62. The Morgan fingerprint density at radius 3 is 2.82 bits per heavy atom. The van der Waals surface area contributed by atoms with Crippen LogP contribution in [0.1, 0.15) is 61.6 Å². The minimum atomic E-state index is -1.02. The number of rotatable bonds is 9. The highest BCUT2D eigenvalue weighted by Crippen LogP contribution is 2.31. The third-order valence-corrected chi connectivity index (χ3v) is 6.27. The molecule has 2 aromatic rings. The molecule has 9 heteroatoms. The number of carbonyl (C=O) groups is 2. The van der Waals surface area contributed by atoms with Gasteiger partial charge in [0, 0.05) is 5.56 Å². The monoisotopic (exact) mass is 464 g/mol. The number of amides is 1. The van der Waals surface area contributed by atoms with Gasteiger partial charge in [0.25, 0.3) is 5.91 Å². The number of carboxylic acid groups (broad SMARTS) is 1. The van der Waals surface area contributed by atoms with E-state index < -0.39 is 11.9 Å². The second-order valence-corrected chi connectivity index (χ2v) is 8.81. The number of unbranched alkanes of at least 4 members (excludes halogenated alkanes) is 4. The molecular formula is C24H24N4O4S. The third-order valence-electron chi connectivity index (χ3n) is 5.30. The minimum Gasteiger partial charge on any atom is -0.478 e. The highest BCUT2D eigenvalue weighted by Gasteiger charge is 2.35. The number of nitrogens with zero attached hydrogens (tertiary/aromatic N) is 3. The molecule has 1 aromatic heterocycles. The number of benzene rings is 1. The number of hydrogen-bond donors (Lipinski definition) is 2. The molecule has 2 aliphatic heterocycles. The molecule has 8 nitrogen and oxygen atoms in total. The van der Waals surface area contributed by atoms with Crippen molar-refractivity contribution < 1.29 is 19.1 Å². The standard InChI is InChI=1S/C24H24N4O4S/c1-2-3-4-5-6-10-20-27-28-21(25)18(22(29)26-24(28)33-20)14-17-11-12-19(32-17)15-8-7-9-16(13-15)23(30)31/h7-9,11-14,25H,2-6,10H2,1H3,(H,30,31)/b18-14-,25-21?. The number of thioether (sulfide) groups is 1. The Morgan fingerprint density at radius 1 is 1.21 bits per heavy atom. The van der Waals surface area contributed by atoms with Crippen molar-refractivity contribution in [2.45, 2.75) is 45.4 Å². The molecule has 0 atom stereocenters. The number of carbonyl (C=O) groups excluding carboxylic acids is 1. The highest BCUT2D eigenvalue weighted by molar-refractivity contribution is 8.26. The van der Waals surface area contributed by atoms with Crippen molar-refractivity contribution in [3.05, 3.63) is 53.3 Å². The van der Waals surface area contributed by atoms with E-state index in [9.17, 15) is 14.7 Å². The predicted molar refractivity (Wildman–Crippen MR) is 129 cm³/mol. The van der Waals surface area contributed by atoms with Crippen molar-refractivity contribution in [1.82, 2.24) is 5.01 Å². The van der Waals surface area contributed by atoms with Crippen molar-refractivity contribution in [3.8, 4) is 11.3 Å². The van der Waals surface area contributed by atoms with Crippen molar-refractivity contribution >= 4 is 45.8 Å². The van der Waals surface area contributed by atoms with Crippen molar-refractivity contribution in [2.75, 3.05) is 0 Å². The molecule has 0 aliphatic carbocycles. The van der Waals surface area contributed by atoms with Crippen LogP contribution in [0.25, 0.3) is 17.4 Å². The Labute approximate surface area is 195 Å². The van der Waals surface area contributed by atoms with E-state index in [4.69, 9.17) is 9.83 Å². The maximum absolute atomic E-state index is 12.6. The lowest BCUT2D eigenvalue weighted by molar-refractivity contribution is -0.114. The van der Waals surface area contributed by atoms with Gasteiger partial charge in [-0.3, -0.25) is 10.2 Å². The summed E-state index contributed by atoms with van der Waals surface area (Å²) >= 11 is 1.34. The molecule has 2 N–H and O–H groups in total. The van der Waals surface area contributed by atoms with E-state index in [2.05, 4.69) is 17.0 Å². The van der Waals surface area contributed by atoms with E-state index in [1.54, 1.807) is 24.3 Å². The summed E-state index contributed by atoms with van der Waals surface area (Å²) in [6, 6.07) is 9.76. The van der Waals surface area contributed by atoms with E-state index in [1.165, 1.54) is 54.2 Å². The largest absolute Gasteiger partial charge is 0.478 e. The van der Waals surface area contributed by atoms with Crippen LogP contribution in [0, 0.1) is 5.41 Å². The van der Waals surface area contributed by atoms with Gasteiger partial charge in [0.2, 0.25) is 5.17 Å². The molecule has 0 saturated carbocycles. The first kappa shape index (κ1) is 22.7. The van der Waals surface area contributed by atoms with Crippen LogP contribution in [0.5, 0.6) is 0 Å². The van der Waals surface area contributed by atoms with Gasteiger partial charge >= 0.3 is 5.97 Å². The first-order chi connectivity index (χ1) is 16.0. The smallest absolute Gasteiger partial charge is 0.335 e. The van der Waals surface area contributed by atoms with Gasteiger partial charge in [-0.15, -0.1) is 0 Å². The number of hydrogen-bond acceptors (Lipinski definition) is 6. The zero-order chi connectivity index (χ0) is 23.4. The number of carboxylic acids is 1. The van der Waals surface area contributed by atoms with Crippen LogP contribution in [-0.2, 0) is 4.79 Å². The average Bonchev–Trinajstić information content (AvgIpc) is 3.44. The van der Waals surface area contributed by atoms with Gasteiger partial charge in [0.1, 0.15) is 16.6 Å². The summed E-state index contributed by atoms with van der Waals surface area (Å²) in [6.07, 6.45) is 8.06. The lowest BCUT2D eigenvalue weighted by atomic mass is 10.1. The first-order valence-electron chi connectivity index (χ1n) is 10.9. The zero-order valence-corrected chi connectivity index (χ0v) is 19.0. The molecule has 0 radical (unpaired) electrons. The summed E-state index contributed by atoms with van der Waals surface area (Å²) in [7, 11) is 0. The summed E-state index contributed by atoms with van der Waals surface area (Å²) in [5.74, 6) is -0.744. The van der Waals surface area contributed by atoms with Gasteiger partial charge < -0.3 is 9.52 Å². The Balaban J connectivity index is 1.49. The van der Waals surface area contributed by atoms with E-state index in [1.807, 2.05) is 0 Å². The van der Waals surface area contributed by atoms with Crippen LogP contribution in [-0.4, -0.2) is 38.0 Å². The van der Waals surface area contributed by atoms with Crippen LogP contribution in [0.4, 0.5) is 0 Å². The molecule has 170 valence electrons. The summed E-state index contributed by atoms with van der Waals surface area (Å²) in [5, 5.41) is 24.8. The van der Waals surface area contributed by atoms with Crippen LogP contribution in [0.15, 0.2) is 56.5 Å². The number of amidine groups is 2. The lowest BCUT2D eigenvalue weighted by Gasteiger charge is -2.19. The molecule has 0 fully saturated rings. The topological polar surface area (TPSA) is 119 Å². The Hall–Kier alpha value is -3.46. The minimum absolute atomic E-state index is 0.0377. The molecule has 3 heterocycles. The molecule has 33 heavy (non-hydrogen) atoms. The molecule has 0 unspecified atom stereocenters. The molecule has 1 amide bonds. The van der Waals surface area contributed by atoms with Crippen LogP contribution >= 0.6 is 11.8 Å². The van der Waals surface area contributed by atoms with Crippen molar-refractivity contribution in [2.24, 2.45) is 10.1 Å². The summed E-state index contributed by atoms with van der Waals surface area (Å²) in [5.41, 5.74) is 0.849. The molecule has 0 saturated heterocycles. The first-order valence-corrected chi connectivity index (χ1v) is 11.7. The van der Waals surface area contributed by atoms with Gasteiger partial charge in [-0.1, -0.05) is 44.7 Å². The maximum Gasteiger partial charge on any atom is 0.335 e. The SMILES string of the molecule is CCCCCCCC1=NN2C(=N)/C(=C/c3ccc(-c4cccc(C(=O)O)c4)o3)C(=O)N=C2S1. The molecule has 0 spiro atoms. The van der Waals surface area contributed by atoms with E-state index in [0.717, 1.165) is 24.3 Å². The van der Waals surface area contributed by atoms with E-state index in [-0.39, 0.29) is 17.0 Å². The fourth-order valence-corrected chi connectivity index (χ4v) is 4.47. The lowest BCUT2D eigenvalue weighted by Crippen LogP contribution is -2.35. The third kappa shape index (κ3) is 5.14. The quantitative estimate of drug-likeness (QED) is 0.367. The van der Waals surface area contributed by atoms with Gasteiger partial charge in [-0.2, -0.15) is 15.1 Å². The number of hydrazone groups is 1. The molecular weight excluding hydrogens is 440 g/mol. The summed E-state index contributed by atoms with van der Waals surface area (Å²) < 4.78 is 5.80. The van der Waals surface area contributed by atoms with E-state index >= 15 is 0 Å². The van der Waals surface area contributed by atoms with Gasteiger partial charge in [0.15, 0.2) is 5.84 Å². The number of furan rings is 1. The fourth-order valence-electron chi connectivity index (χ4n) is 3.55.